The van der Waals surface area contributed by atoms with Crippen LogP contribution in [0.15, 0.2) is 24.5 Å². The normalized spacial score (nSPS) is 11.2. The highest BCUT2D eigenvalue weighted by Gasteiger charge is 2.09. The van der Waals surface area contributed by atoms with Gasteiger partial charge in [0.25, 0.3) is 0 Å². The van der Waals surface area contributed by atoms with Crippen LogP contribution in [0.5, 0.6) is 0 Å². The van der Waals surface area contributed by atoms with Crippen LogP contribution in [0.4, 0.5) is 0 Å². The zero-order chi connectivity index (χ0) is 15.2. The van der Waals surface area contributed by atoms with Crippen molar-refractivity contribution >= 4 is 0 Å². The highest BCUT2D eigenvalue weighted by Crippen LogP contribution is 2.24. The molecule has 0 atom stereocenters. The lowest BCUT2D eigenvalue weighted by atomic mass is 9.89. The Morgan fingerprint density at radius 3 is 1.95 bits per heavy atom. The highest BCUT2D eigenvalue weighted by molar-refractivity contribution is 5.18. The fraction of sp³-hybridized carbons (Fsp3) is 0.700. The van der Waals surface area contributed by atoms with Gasteiger partial charge in [-0.05, 0) is 36.5 Å². The van der Waals surface area contributed by atoms with Gasteiger partial charge in [0.15, 0.2) is 0 Å². The van der Waals surface area contributed by atoms with Crippen LogP contribution in [-0.4, -0.2) is 4.98 Å². The maximum Gasteiger partial charge on any atom is 0.0270 e. The Labute approximate surface area is 132 Å². The fourth-order valence-electron chi connectivity index (χ4n) is 2.90. The monoisotopic (exact) mass is 288 g/mol. The van der Waals surface area contributed by atoms with Gasteiger partial charge in [-0.25, -0.2) is 0 Å². The SMILES string of the molecule is CCCCCCC(C[CH]c1ccncc1)CCCCCC. The van der Waals surface area contributed by atoms with Crippen molar-refractivity contribution in [3.8, 4) is 0 Å². The number of rotatable bonds is 13. The van der Waals surface area contributed by atoms with Gasteiger partial charge in [0.05, 0.1) is 0 Å². The van der Waals surface area contributed by atoms with Gasteiger partial charge >= 0.3 is 0 Å². The standard InChI is InChI=1S/C20H34N/c1-3-5-7-9-11-19(12-10-8-6-4-2)13-14-20-15-17-21-18-16-20/h14-19H,3-13H2,1-2H3. The summed E-state index contributed by atoms with van der Waals surface area (Å²) in [6.07, 6.45) is 21.4. The summed E-state index contributed by atoms with van der Waals surface area (Å²) in [7, 11) is 0. The first-order chi connectivity index (χ1) is 10.4. The summed E-state index contributed by atoms with van der Waals surface area (Å²) >= 11 is 0. The molecule has 1 radical (unpaired) electrons. The molecule has 1 heteroatoms. The van der Waals surface area contributed by atoms with Crippen LogP contribution in [0.2, 0.25) is 0 Å². The molecule has 0 N–H and O–H groups in total. The minimum atomic E-state index is 0.881. The van der Waals surface area contributed by atoms with E-state index in [4.69, 9.17) is 0 Å². The van der Waals surface area contributed by atoms with Crippen molar-refractivity contribution in [1.82, 2.24) is 4.98 Å². The second-order valence-electron chi connectivity index (χ2n) is 6.29. The van der Waals surface area contributed by atoms with Crippen LogP contribution in [0.3, 0.4) is 0 Å². The Kier molecular flexibility index (Phi) is 11.1. The van der Waals surface area contributed by atoms with Gasteiger partial charge in [-0.1, -0.05) is 78.1 Å². The summed E-state index contributed by atoms with van der Waals surface area (Å²) in [6, 6.07) is 4.23. The van der Waals surface area contributed by atoms with Crippen LogP contribution >= 0.6 is 0 Å². The molecule has 0 bridgehead atoms. The first kappa shape index (κ1) is 18.2. The molecule has 1 aromatic rings. The van der Waals surface area contributed by atoms with Gasteiger partial charge in [0.1, 0.15) is 0 Å². The van der Waals surface area contributed by atoms with E-state index in [2.05, 4.69) is 37.4 Å². The number of hydrogen-bond acceptors (Lipinski definition) is 1. The second-order valence-corrected chi connectivity index (χ2v) is 6.29. The molecule has 0 amide bonds. The molecule has 1 nitrogen and oxygen atoms in total. The second kappa shape index (κ2) is 12.9. The summed E-state index contributed by atoms with van der Waals surface area (Å²) in [6.45, 7) is 4.58. The molecule has 0 saturated heterocycles. The lowest BCUT2D eigenvalue weighted by Crippen LogP contribution is -2.02. The van der Waals surface area contributed by atoms with Crippen molar-refractivity contribution in [3.05, 3.63) is 36.5 Å². The van der Waals surface area contributed by atoms with Gasteiger partial charge in [0.2, 0.25) is 0 Å². The predicted octanol–water partition coefficient (Wildman–Crippen LogP) is 6.58. The molecule has 1 rings (SSSR count). The molecular formula is C20H34N. The molecule has 0 spiro atoms. The van der Waals surface area contributed by atoms with Crippen LogP contribution in [-0.2, 0) is 0 Å². The first-order valence-electron chi connectivity index (χ1n) is 9.10. The third kappa shape index (κ3) is 9.66. The van der Waals surface area contributed by atoms with Crippen LogP contribution < -0.4 is 0 Å². The predicted molar refractivity (Wildman–Crippen MR) is 93.3 cm³/mol. The van der Waals surface area contributed by atoms with Gasteiger partial charge in [-0.3, -0.25) is 4.98 Å². The van der Waals surface area contributed by atoms with E-state index < -0.39 is 0 Å². The molecule has 1 heterocycles. The summed E-state index contributed by atoms with van der Waals surface area (Å²) < 4.78 is 0. The zero-order valence-electron chi connectivity index (χ0n) is 14.2. The summed E-state index contributed by atoms with van der Waals surface area (Å²) in [5, 5.41) is 0. The lowest BCUT2D eigenvalue weighted by molar-refractivity contribution is 0.403. The van der Waals surface area contributed by atoms with Crippen molar-refractivity contribution in [2.24, 2.45) is 5.92 Å². The fourth-order valence-corrected chi connectivity index (χ4v) is 2.90. The molecule has 0 aromatic carbocycles. The molecule has 21 heavy (non-hydrogen) atoms. The number of unbranched alkanes of at least 4 members (excludes halogenated alkanes) is 6. The quantitative estimate of drug-likeness (QED) is 0.373. The Morgan fingerprint density at radius 2 is 1.43 bits per heavy atom. The Morgan fingerprint density at radius 1 is 0.857 bits per heavy atom. The largest absolute Gasteiger partial charge is 0.265 e. The maximum absolute atomic E-state index is 4.09. The van der Waals surface area contributed by atoms with Crippen LogP contribution in [0, 0.1) is 12.3 Å². The molecule has 0 unspecified atom stereocenters. The van der Waals surface area contributed by atoms with Crippen LogP contribution in [0.25, 0.3) is 0 Å². The van der Waals surface area contributed by atoms with Crippen molar-refractivity contribution in [1.29, 1.82) is 0 Å². The molecule has 0 aliphatic carbocycles. The molecule has 0 aliphatic heterocycles. The molecule has 1 aromatic heterocycles. The number of hydrogen-bond donors (Lipinski definition) is 0. The van der Waals surface area contributed by atoms with Crippen molar-refractivity contribution < 1.29 is 0 Å². The topological polar surface area (TPSA) is 12.9 Å². The number of pyridine rings is 1. The Balaban J connectivity index is 2.28. The lowest BCUT2D eigenvalue weighted by Gasteiger charge is -2.16. The molecule has 0 fully saturated rings. The van der Waals surface area contributed by atoms with E-state index >= 15 is 0 Å². The summed E-state index contributed by atoms with van der Waals surface area (Å²) in [5.41, 5.74) is 1.33. The minimum absolute atomic E-state index is 0.881. The minimum Gasteiger partial charge on any atom is -0.265 e. The molecule has 0 saturated carbocycles. The third-order valence-electron chi connectivity index (χ3n) is 4.32. The maximum atomic E-state index is 4.09. The molecular weight excluding hydrogens is 254 g/mol. The van der Waals surface area contributed by atoms with E-state index in [0.717, 1.165) is 5.92 Å². The Bertz CT molecular complexity index is 308. The highest BCUT2D eigenvalue weighted by atomic mass is 14.6. The third-order valence-corrected chi connectivity index (χ3v) is 4.32. The van der Waals surface area contributed by atoms with Crippen molar-refractivity contribution in [2.45, 2.75) is 84.5 Å². The van der Waals surface area contributed by atoms with Gasteiger partial charge in [-0.2, -0.15) is 0 Å². The Hall–Kier alpha value is -0.850. The first-order valence-corrected chi connectivity index (χ1v) is 9.10. The van der Waals surface area contributed by atoms with Gasteiger partial charge < -0.3 is 0 Å². The van der Waals surface area contributed by atoms with E-state index in [1.807, 2.05) is 12.4 Å². The summed E-state index contributed by atoms with van der Waals surface area (Å²) in [5.74, 6) is 0.881. The van der Waals surface area contributed by atoms with Crippen molar-refractivity contribution in [3.63, 3.8) is 0 Å². The van der Waals surface area contributed by atoms with Crippen molar-refractivity contribution in [2.75, 3.05) is 0 Å². The summed E-state index contributed by atoms with van der Waals surface area (Å²) in [4.78, 5) is 4.09. The number of nitrogens with zero attached hydrogens (tertiary/aromatic N) is 1. The van der Waals surface area contributed by atoms with E-state index in [9.17, 15) is 0 Å². The molecule has 0 aliphatic rings. The number of aromatic nitrogens is 1. The zero-order valence-corrected chi connectivity index (χ0v) is 14.2. The van der Waals surface area contributed by atoms with Gasteiger partial charge in [-0.15, -0.1) is 0 Å². The van der Waals surface area contributed by atoms with E-state index in [1.165, 1.54) is 76.2 Å². The average molecular weight is 288 g/mol. The molecule has 119 valence electrons. The van der Waals surface area contributed by atoms with E-state index in [-0.39, 0.29) is 0 Å². The smallest absolute Gasteiger partial charge is 0.0270 e. The van der Waals surface area contributed by atoms with Gasteiger partial charge in [0, 0.05) is 12.4 Å². The van der Waals surface area contributed by atoms with E-state index in [0.29, 0.717) is 0 Å². The van der Waals surface area contributed by atoms with Crippen LogP contribution in [0.1, 0.15) is 90.0 Å². The van der Waals surface area contributed by atoms with E-state index in [1.54, 1.807) is 0 Å². The average Bonchev–Trinajstić information content (AvgIpc) is 2.53.